The molecular weight excluding hydrogens is 360 g/mol. The number of benzene rings is 2. The Morgan fingerprint density at radius 2 is 1.89 bits per heavy atom. The van der Waals surface area contributed by atoms with Crippen LogP contribution in [0, 0.1) is 0 Å². The number of aromatic nitrogens is 1. The summed E-state index contributed by atoms with van der Waals surface area (Å²) in [5.74, 6) is 0.389. The molecule has 0 fully saturated rings. The number of nitrogen functional groups attached to an aromatic ring is 1. The van der Waals surface area contributed by atoms with Crippen LogP contribution in [0.25, 0.3) is 10.8 Å². The molecule has 0 bridgehead atoms. The summed E-state index contributed by atoms with van der Waals surface area (Å²) in [5, 5.41) is 4.78. The van der Waals surface area contributed by atoms with Crippen LogP contribution in [0.4, 0.5) is 5.82 Å². The molecule has 27 heavy (non-hydrogen) atoms. The molecule has 0 aliphatic rings. The molecular formula is C20H24N4O2S. The lowest BCUT2D eigenvalue weighted by molar-refractivity contribution is 0.537. The van der Waals surface area contributed by atoms with Gasteiger partial charge in [0.1, 0.15) is 5.82 Å². The van der Waals surface area contributed by atoms with Crippen LogP contribution in [0.2, 0.25) is 0 Å². The molecule has 0 saturated heterocycles. The van der Waals surface area contributed by atoms with E-state index in [-0.39, 0.29) is 10.9 Å². The van der Waals surface area contributed by atoms with E-state index in [2.05, 4.69) is 27.2 Å². The number of fused-ring (bicyclic) bond motifs is 1. The Morgan fingerprint density at radius 3 is 2.67 bits per heavy atom. The molecule has 0 aliphatic carbocycles. The van der Waals surface area contributed by atoms with Crippen LogP contribution in [-0.4, -0.2) is 32.5 Å². The predicted molar refractivity (Wildman–Crippen MR) is 109 cm³/mol. The number of sulfonamides is 1. The molecule has 1 aromatic heterocycles. The van der Waals surface area contributed by atoms with E-state index >= 15 is 0 Å². The Labute approximate surface area is 159 Å². The van der Waals surface area contributed by atoms with Crippen LogP contribution in [0.1, 0.15) is 12.5 Å². The molecule has 1 heterocycles. The first-order chi connectivity index (χ1) is 13.0. The number of hydrogen-bond acceptors (Lipinski definition) is 5. The Morgan fingerprint density at radius 1 is 1.11 bits per heavy atom. The first-order valence-electron chi connectivity index (χ1n) is 8.87. The smallest absolute Gasteiger partial charge is 0.240 e. The van der Waals surface area contributed by atoms with E-state index in [0.29, 0.717) is 12.4 Å². The highest BCUT2D eigenvalue weighted by Gasteiger charge is 2.18. The summed E-state index contributed by atoms with van der Waals surface area (Å²) in [6.07, 6.45) is 2.47. The third-order valence-corrected chi connectivity index (χ3v) is 5.90. The predicted octanol–water partition coefficient (Wildman–Crippen LogP) is 2.32. The lowest BCUT2D eigenvalue weighted by Gasteiger charge is -2.15. The summed E-state index contributed by atoms with van der Waals surface area (Å²) in [4.78, 5) is 4.23. The third kappa shape index (κ3) is 5.03. The molecule has 6 nitrogen and oxygen atoms in total. The Bertz CT molecular complexity index is 1010. The van der Waals surface area contributed by atoms with Gasteiger partial charge < -0.3 is 11.1 Å². The maximum absolute atomic E-state index is 12.6. The molecule has 7 heteroatoms. The van der Waals surface area contributed by atoms with Crippen molar-refractivity contribution >= 4 is 26.6 Å². The minimum absolute atomic E-state index is 0.219. The summed E-state index contributed by atoms with van der Waals surface area (Å²) in [5.41, 5.74) is 7.07. The maximum atomic E-state index is 12.6. The number of nitrogens with one attached hydrogen (secondary N) is 2. The van der Waals surface area contributed by atoms with E-state index < -0.39 is 10.0 Å². The van der Waals surface area contributed by atoms with E-state index in [1.165, 1.54) is 5.56 Å². The van der Waals surface area contributed by atoms with Crippen LogP contribution in [0.3, 0.4) is 0 Å². The second-order valence-electron chi connectivity index (χ2n) is 6.54. The number of anilines is 1. The van der Waals surface area contributed by atoms with Crippen molar-refractivity contribution in [2.45, 2.75) is 24.3 Å². The van der Waals surface area contributed by atoms with E-state index in [9.17, 15) is 8.42 Å². The van der Waals surface area contributed by atoms with Crippen molar-refractivity contribution in [3.05, 3.63) is 66.4 Å². The monoisotopic (exact) mass is 384 g/mol. The SMILES string of the molecule is CC(CNCCc1ccccc1)NS(=O)(=O)c1ccc2c(N)nccc2c1. The molecule has 0 spiro atoms. The van der Waals surface area contributed by atoms with Gasteiger partial charge in [-0.1, -0.05) is 30.3 Å². The van der Waals surface area contributed by atoms with Crippen molar-refractivity contribution in [2.24, 2.45) is 0 Å². The van der Waals surface area contributed by atoms with E-state index in [4.69, 9.17) is 5.73 Å². The van der Waals surface area contributed by atoms with Gasteiger partial charge in [-0.2, -0.15) is 0 Å². The summed E-state index contributed by atoms with van der Waals surface area (Å²) in [7, 11) is -3.60. The lowest BCUT2D eigenvalue weighted by Crippen LogP contribution is -2.40. The highest BCUT2D eigenvalue weighted by Crippen LogP contribution is 2.22. The van der Waals surface area contributed by atoms with E-state index in [1.807, 2.05) is 25.1 Å². The molecule has 1 atom stereocenters. The van der Waals surface area contributed by atoms with Crippen molar-refractivity contribution < 1.29 is 8.42 Å². The lowest BCUT2D eigenvalue weighted by atomic mass is 10.1. The molecule has 4 N–H and O–H groups in total. The van der Waals surface area contributed by atoms with Gasteiger partial charge in [0.2, 0.25) is 10.0 Å². The highest BCUT2D eigenvalue weighted by molar-refractivity contribution is 7.89. The van der Waals surface area contributed by atoms with Gasteiger partial charge in [0, 0.05) is 24.2 Å². The zero-order valence-electron chi connectivity index (χ0n) is 15.2. The number of nitrogens with two attached hydrogens (primary N) is 1. The fraction of sp³-hybridized carbons (Fsp3) is 0.250. The van der Waals surface area contributed by atoms with Crippen LogP contribution in [0.5, 0.6) is 0 Å². The van der Waals surface area contributed by atoms with Gasteiger partial charge in [0.25, 0.3) is 0 Å². The van der Waals surface area contributed by atoms with Gasteiger partial charge in [-0.25, -0.2) is 18.1 Å². The molecule has 3 rings (SSSR count). The van der Waals surface area contributed by atoms with Gasteiger partial charge in [0.05, 0.1) is 4.90 Å². The minimum atomic E-state index is -3.60. The Balaban J connectivity index is 1.57. The highest BCUT2D eigenvalue weighted by atomic mass is 32.2. The molecule has 0 aliphatic heterocycles. The third-order valence-electron chi connectivity index (χ3n) is 4.32. The molecule has 142 valence electrons. The topological polar surface area (TPSA) is 97.1 Å². The second-order valence-corrected chi connectivity index (χ2v) is 8.26. The summed E-state index contributed by atoms with van der Waals surface area (Å²) < 4.78 is 28.0. The largest absolute Gasteiger partial charge is 0.383 e. The Kier molecular flexibility index (Phi) is 6.05. The van der Waals surface area contributed by atoms with E-state index in [1.54, 1.807) is 30.5 Å². The summed E-state index contributed by atoms with van der Waals surface area (Å²) in [6, 6.07) is 16.6. The standard InChI is InChI=1S/C20H24N4O2S/c1-15(14-22-11-9-16-5-3-2-4-6-16)24-27(25,26)18-7-8-19-17(13-18)10-12-23-20(19)21/h2-8,10,12-13,15,22,24H,9,11,14H2,1H3,(H2,21,23). The van der Waals surface area contributed by atoms with Gasteiger partial charge in [-0.15, -0.1) is 0 Å². The van der Waals surface area contributed by atoms with Crippen molar-refractivity contribution in [3.63, 3.8) is 0 Å². The normalized spacial score (nSPS) is 12.9. The zero-order chi connectivity index (χ0) is 19.3. The first-order valence-corrected chi connectivity index (χ1v) is 10.4. The quantitative estimate of drug-likeness (QED) is 0.518. The van der Waals surface area contributed by atoms with Gasteiger partial charge in [-0.3, -0.25) is 0 Å². The summed E-state index contributed by atoms with van der Waals surface area (Å²) in [6.45, 7) is 3.19. The zero-order valence-corrected chi connectivity index (χ0v) is 16.0. The fourth-order valence-electron chi connectivity index (χ4n) is 2.92. The number of pyridine rings is 1. The molecule has 3 aromatic rings. The average Bonchev–Trinajstić information content (AvgIpc) is 2.66. The summed E-state index contributed by atoms with van der Waals surface area (Å²) >= 11 is 0. The van der Waals surface area contributed by atoms with Crippen LogP contribution in [0.15, 0.2) is 65.7 Å². The number of nitrogens with zero attached hydrogens (tertiary/aromatic N) is 1. The molecule has 0 radical (unpaired) electrons. The Hall–Kier alpha value is -2.48. The van der Waals surface area contributed by atoms with Crippen molar-refractivity contribution in [2.75, 3.05) is 18.8 Å². The van der Waals surface area contributed by atoms with Gasteiger partial charge in [-0.05, 0) is 55.1 Å². The van der Waals surface area contributed by atoms with E-state index in [0.717, 1.165) is 23.7 Å². The van der Waals surface area contributed by atoms with Crippen molar-refractivity contribution in [1.29, 1.82) is 0 Å². The van der Waals surface area contributed by atoms with Gasteiger partial charge >= 0.3 is 0 Å². The number of hydrogen-bond donors (Lipinski definition) is 3. The average molecular weight is 385 g/mol. The van der Waals surface area contributed by atoms with Crippen LogP contribution >= 0.6 is 0 Å². The molecule has 2 aromatic carbocycles. The van der Waals surface area contributed by atoms with Crippen LogP contribution < -0.4 is 15.8 Å². The molecule has 1 unspecified atom stereocenters. The molecule has 0 amide bonds. The van der Waals surface area contributed by atoms with Crippen LogP contribution in [-0.2, 0) is 16.4 Å². The van der Waals surface area contributed by atoms with Crippen molar-refractivity contribution in [3.8, 4) is 0 Å². The second kappa shape index (κ2) is 8.47. The van der Waals surface area contributed by atoms with Gasteiger partial charge in [0.15, 0.2) is 0 Å². The minimum Gasteiger partial charge on any atom is -0.383 e. The number of rotatable bonds is 8. The van der Waals surface area contributed by atoms with Crippen molar-refractivity contribution in [1.82, 2.24) is 15.0 Å². The fourth-order valence-corrected chi connectivity index (χ4v) is 4.20. The first kappa shape index (κ1) is 19.3. The maximum Gasteiger partial charge on any atom is 0.240 e. The molecule has 0 saturated carbocycles.